The first-order chi connectivity index (χ1) is 12.8. The summed E-state index contributed by atoms with van der Waals surface area (Å²) in [7, 11) is 0. The predicted octanol–water partition coefficient (Wildman–Crippen LogP) is 0.580. The number of morpholine rings is 1. The molecule has 1 heterocycles. The van der Waals surface area contributed by atoms with Gasteiger partial charge in [-0.25, -0.2) is 4.99 Å². The number of benzene rings is 1. The van der Waals surface area contributed by atoms with Crippen LogP contribution in [0.5, 0.6) is 0 Å². The number of amides is 1. The van der Waals surface area contributed by atoms with Crippen LogP contribution >= 0.6 is 0 Å². The van der Waals surface area contributed by atoms with Gasteiger partial charge in [0.15, 0.2) is 5.96 Å². The van der Waals surface area contributed by atoms with Crippen LogP contribution in [0.2, 0.25) is 0 Å². The van der Waals surface area contributed by atoms with Gasteiger partial charge < -0.3 is 20.7 Å². The molecule has 0 bridgehead atoms. The molecule has 0 radical (unpaired) electrons. The maximum absolute atomic E-state index is 12.0. The van der Waals surface area contributed by atoms with E-state index in [4.69, 9.17) is 4.74 Å². The summed E-state index contributed by atoms with van der Waals surface area (Å²) in [5.41, 5.74) is 1.08. The minimum absolute atomic E-state index is 0.0839. The number of ether oxygens (including phenoxy) is 1. The summed E-state index contributed by atoms with van der Waals surface area (Å²) >= 11 is 0. The van der Waals surface area contributed by atoms with Crippen LogP contribution < -0.4 is 16.0 Å². The average molecular weight is 361 g/mol. The van der Waals surface area contributed by atoms with Crippen LogP contribution in [0, 0.1) is 0 Å². The molecule has 0 aromatic heterocycles. The Morgan fingerprint density at radius 3 is 2.65 bits per heavy atom. The molecule has 0 atom stereocenters. The van der Waals surface area contributed by atoms with Gasteiger partial charge in [-0.15, -0.1) is 0 Å². The zero-order valence-electron chi connectivity index (χ0n) is 15.7. The van der Waals surface area contributed by atoms with Crippen LogP contribution in [0.15, 0.2) is 35.3 Å². The van der Waals surface area contributed by atoms with Crippen molar-refractivity contribution in [3.63, 3.8) is 0 Å². The first kappa shape index (κ1) is 20.2. The van der Waals surface area contributed by atoms with Crippen LogP contribution in [0.25, 0.3) is 0 Å². The van der Waals surface area contributed by atoms with Crippen LogP contribution in [-0.4, -0.2) is 69.2 Å². The Bertz CT molecular complexity index is 544. The van der Waals surface area contributed by atoms with E-state index in [1.807, 2.05) is 37.3 Å². The van der Waals surface area contributed by atoms with E-state index in [0.717, 1.165) is 57.9 Å². The standard InChI is InChI=1S/C19H31N5O2/c1-2-20-19(21-9-6-10-24-11-13-26-14-12-24)23-16-18(25)22-15-17-7-4-3-5-8-17/h3-5,7-8H,2,6,9-16H2,1H3,(H,22,25)(H2,20,21,23). The molecular weight excluding hydrogens is 330 g/mol. The topological polar surface area (TPSA) is 78.0 Å². The van der Waals surface area contributed by atoms with E-state index in [1.54, 1.807) is 0 Å². The monoisotopic (exact) mass is 361 g/mol. The molecule has 1 amide bonds. The Morgan fingerprint density at radius 2 is 1.92 bits per heavy atom. The van der Waals surface area contributed by atoms with Gasteiger partial charge in [0, 0.05) is 32.7 Å². The molecule has 1 aromatic rings. The number of guanidine groups is 1. The molecule has 1 aliphatic heterocycles. The quantitative estimate of drug-likeness (QED) is 0.341. The molecule has 0 aliphatic carbocycles. The molecule has 1 aromatic carbocycles. The van der Waals surface area contributed by atoms with E-state index >= 15 is 0 Å². The first-order valence-electron chi connectivity index (χ1n) is 9.41. The highest BCUT2D eigenvalue weighted by atomic mass is 16.5. The summed E-state index contributed by atoms with van der Waals surface area (Å²) in [4.78, 5) is 18.7. The summed E-state index contributed by atoms with van der Waals surface area (Å²) in [5.74, 6) is 0.601. The third-order valence-corrected chi connectivity index (χ3v) is 4.10. The first-order valence-corrected chi connectivity index (χ1v) is 9.41. The summed E-state index contributed by atoms with van der Waals surface area (Å²) in [5, 5.41) is 9.35. The smallest absolute Gasteiger partial charge is 0.242 e. The zero-order chi connectivity index (χ0) is 18.5. The lowest BCUT2D eigenvalue weighted by molar-refractivity contribution is -0.119. The van der Waals surface area contributed by atoms with Gasteiger partial charge in [0.1, 0.15) is 6.54 Å². The Morgan fingerprint density at radius 1 is 1.15 bits per heavy atom. The Kier molecular flexibility index (Phi) is 9.53. The van der Waals surface area contributed by atoms with Crippen molar-refractivity contribution in [1.82, 2.24) is 20.9 Å². The number of nitrogens with zero attached hydrogens (tertiary/aromatic N) is 2. The number of hydrogen-bond acceptors (Lipinski definition) is 4. The normalized spacial score (nSPS) is 15.5. The lowest BCUT2D eigenvalue weighted by atomic mass is 10.2. The molecule has 26 heavy (non-hydrogen) atoms. The van der Waals surface area contributed by atoms with Gasteiger partial charge in [-0.05, 0) is 25.5 Å². The highest BCUT2D eigenvalue weighted by molar-refractivity contribution is 5.84. The van der Waals surface area contributed by atoms with Crippen LogP contribution in [0.1, 0.15) is 18.9 Å². The van der Waals surface area contributed by atoms with E-state index in [0.29, 0.717) is 12.5 Å². The molecule has 0 unspecified atom stereocenters. The second-order valence-corrected chi connectivity index (χ2v) is 6.19. The van der Waals surface area contributed by atoms with Gasteiger partial charge in [0.05, 0.1) is 13.2 Å². The molecule has 1 saturated heterocycles. The van der Waals surface area contributed by atoms with Crippen molar-refractivity contribution in [2.75, 3.05) is 52.5 Å². The molecular formula is C19H31N5O2. The molecule has 7 heteroatoms. The Balaban J connectivity index is 1.65. The predicted molar refractivity (Wildman–Crippen MR) is 104 cm³/mol. The fourth-order valence-corrected chi connectivity index (χ4v) is 2.68. The number of hydrogen-bond donors (Lipinski definition) is 3. The molecule has 144 valence electrons. The second-order valence-electron chi connectivity index (χ2n) is 6.19. The third kappa shape index (κ3) is 8.31. The van der Waals surface area contributed by atoms with Crippen molar-refractivity contribution in [1.29, 1.82) is 0 Å². The van der Waals surface area contributed by atoms with Gasteiger partial charge >= 0.3 is 0 Å². The summed E-state index contributed by atoms with van der Waals surface area (Å²) < 4.78 is 5.35. The van der Waals surface area contributed by atoms with Crippen LogP contribution in [0.4, 0.5) is 0 Å². The van der Waals surface area contributed by atoms with E-state index in [9.17, 15) is 4.79 Å². The number of aliphatic imine (C=N–C) groups is 1. The lowest BCUT2D eigenvalue weighted by Crippen LogP contribution is -2.41. The van der Waals surface area contributed by atoms with E-state index in [-0.39, 0.29) is 12.5 Å². The minimum Gasteiger partial charge on any atom is -0.379 e. The summed E-state index contributed by atoms with van der Waals surface area (Å²) in [6, 6.07) is 9.86. The fraction of sp³-hybridized carbons (Fsp3) is 0.579. The number of nitrogens with one attached hydrogen (secondary N) is 3. The highest BCUT2D eigenvalue weighted by Gasteiger charge is 2.09. The van der Waals surface area contributed by atoms with Crippen molar-refractivity contribution < 1.29 is 9.53 Å². The van der Waals surface area contributed by atoms with Crippen LogP contribution in [0.3, 0.4) is 0 Å². The maximum atomic E-state index is 12.0. The minimum atomic E-state index is -0.0839. The van der Waals surface area contributed by atoms with Gasteiger partial charge in [-0.1, -0.05) is 30.3 Å². The van der Waals surface area contributed by atoms with Crippen molar-refractivity contribution >= 4 is 11.9 Å². The summed E-state index contributed by atoms with van der Waals surface area (Å²) in [6.45, 7) is 8.98. The van der Waals surface area contributed by atoms with E-state index in [2.05, 4.69) is 25.8 Å². The van der Waals surface area contributed by atoms with Crippen LogP contribution in [-0.2, 0) is 16.1 Å². The Hall–Kier alpha value is -2.12. The van der Waals surface area contributed by atoms with E-state index < -0.39 is 0 Å². The molecule has 1 fully saturated rings. The third-order valence-electron chi connectivity index (χ3n) is 4.10. The van der Waals surface area contributed by atoms with E-state index in [1.165, 1.54) is 0 Å². The fourth-order valence-electron chi connectivity index (χ4n) is 2.68. The van der Waals surface area contributed by atoms with Gasteiger partial charge in [0.25, 0.3) is 0 Å². The van der Waals surface area contributed by atoms with Gasteiger partial charge in [0.2, 0.25) is 5.91 Å². The number of carbonyl (C=O) groups excluding carboxylic acids is 1. The molecule has 0 spiro atoms. The molecule has 2 rings (SSSR count). The number of rotatable bonds is 9. The Labute approximate surface area is 156 Å². The molecule has 3 N–H and O–H groups in total. The van der Waals surface area contributed by atoms with Crippen molar-refractivity contribution in [2.24, 2.45) is 4.99 Å². The van der Waals surface area contributed by atoms with Gasteiger partial charge in [-0.2, -0.15) is 0 Å². The second kappa shape index (κ2) is 12.3. The summed E-state index contributed by atoms with van der Waals surface area (Å²) in [6.07, 6.45) is 1.03. The average Bonchev–Trinajstić information content (AvgIpc) is 2.69. The molecule has 0 saturated carbocycles. The SMILES string of the molecule is CCNC(=NCC(=O)NCc1ccccc1)NCCCN1CCOCC1. The van der Waals surface area contributed by atoms with Crippen molar-refractivity contribution in [3.05, 3.63) is 35.9 Å². The maximum Gasteiger partial charge on any atom is 0.242 e. The van der Waals surface area contributed by atoms with Gasteiger partial charge in [-0.3, -0.25) is 9.69 Å². The number of carbonyl (C=O) groups is 1. The van der Waals surface area contributed by atoms with Crippen molar-refractivity contribution in [2.45, 2.75) is 19.9 Å². The largest absolute Gasteiger partial charge is 0.379 e. The molecule has 7 nitrogen and oxygen atoms in total. The van der Waals surface area contributed by atoms with Crippen molar-refractivity contribution in [3.8, 4) is 0 Å². The highest BCUT2D eigenvalue weighted by Crippen LogP contribution is 1.98. The lowest BCUT2D eigenvalue weighted by Gasteiger charge is -2.26. The zero-order valence-corrected chi connectivity index (χ0v) is 15.7. The molecule has 1 aliphatic rings.